The lowest BCUT2D eigenvalue weighted by molar-refractivity contribution is -0.146. The minimum Gasteiger partial charge on any atom is -0.497 e. The van der Waals surface area contributed by atoms with Gasteiger partial charge in [-0.3, -0.25) is 9.69 Å². The number of esters is 1. The van der Waals surface area contributed by atoms with Gasteiger partial charge in [0.25, 0.3) is 5.91 Å². The van der Waals surface area contributed by atoms with Crippen molar-refractivity contribution in [3.05, 3.63) is 54.4 Å². The first-order chi connectivity index (χ1) is 16.4. The highest BCUT2D eigenvalue weighted by Gasteiger charge is 2.54. The van der Waals surface area contributed by atoms with E-state index in [1.165, 1.54) is 47.8 Å². The molecule has 178 valence electrons. The van der Waals surface area contributed by atoms with E-state index in [2.05, 4.69) is 15.0 Å². The number of nitrogens with two attached hydrogens (primary N) is 1. The van der Waals surface area contributed by atoms with Crippen molar-refractivity contribution < 1.29 is 23.9 Å². The fraction of sp³-hybridized carbons (Fsp3) is 0.391. The van der Waals surface area contributed by atoms with Crippen LogP contribution in [0.3, 0.4) is 0 Å². The van der Waals surface area contributed by atoms with Gasteiger partial charge in [0, 0.05) is 31.1 Å². The predicted octanol–water partition coefficient (Wildman–Crippen LogP) is 1.96. The Bertz CT molecular complexity index is 1120. The van der Waals surface area contributed by atoms with E-state index in [9.17, 15) is 14.4 Å². The fourth-order valence-electron chi connectivity index (χ4n) is 4.55. The Labute approximate surface area is 196 Å². The number of aromatic nitrogens is 3. The minimum absolute atomic E-state index is 0.0577. The Balaban J connectivity index is 1.80. The summed E-state index contributed by atoms with van der Waals surface area (Å²) in [5.74, 6) is -0.542. The maximum absolute atomic E-state index is 13.2. The fourth-order valence-corrected chi connectivity index (χ4v) is 4.55. The van der Waals surface area contributed by atoms with Gasteiger partial charge in [-0.25, -0.2) is 24.5 Å². The molecular weight excluding hydrogens is 440 g/mol. The molecule has 0 radical (unpaired) electrons. The first-order valence-electron chi connectivity index (χ1n) is 11.0. The van der Waals surface area contributed by atoms with Gasteiger partial charge in [-0.05, 0) is 37.8 Å². The van der Waals surface area contributed by atoms with Crippen molar-refractivity contribution in [1.82, 2.24) is 24.8 Å². The highest BCUT2D eigenvalue weighted by molar-refractivity contribution is 6.00. The van der Waals surface area contributed by atoms with Gasteiger partial charge >= 0.3 is 12.0 Å². The van der Waals surface area contributed by atoms with Crippen molar-refractivity contribution in [2.45, 2.75) is 44.4 Å². The van der Waals surface area contributed by atoms with Gasteiger partial charge in [0.15, 0.2) is 17.5 Å². The minimum atomic E-state index is -1.23. The normalized spacial score (nSPS) is 22.4. The van der Waals surface area contributed by atoms with Crippen LogP contribution in [0.15, 0.2) is 43.0 Å². The van der Waals surface area contributed by atoms with Crippen LogP contribution in [-0.4, -0.2) is 68.1 Å². The zero-order chi connectivity index (χ0) is 24.3. The molecule has 11 heteroatoms. The number of hydrogen-bond donors (Lipinski definition) is 1. The topological polar surface area (TPSA) is 141 Å². The SMILES string of the molecule is CCC1(OC(=O)c2cc(OC)ccn2)CCCCN2C(=O)C=C(c3ccncn3)N(C(N)=O)C21. The number of methoxy groups -OCH3 is 1. The lowest BCUT2D eigenvalue weighted by Crippen LogP contribution is -2.66. The van der Waals surface area contributed by atoms with E-state index in [-0.39, 0.29) is 17.3 Å². The molecule has 0 bridgehead atoms. The van der Waals surface area contributed by atoms with Gasteiger partial charge in [-0.1, -0.05) is 6.92 Å². The van der Waals surface area contributed by atoms with Gasteiger partial charge in [-0.2, -0.15) is 0 Å². The highest BCUT2D eigenvalue weighted by Crippen LogP contribution is 2.41. The summed E-state index contributed by atoms with van der Waals surface area (Å²) in [4.78, 5) is 54.3. The molecule has 2 aromatic rings. The number of carbonyl (C=O) groups excluding carboxylic acids is 3. The molecule has 4 rings (SSSR count). The van der Waals surface area contributed by atoms with Crippen molar-refractivity contribution in [3.8, 4) is 5.75 Å². The van der Waals surface area contributed by atoms with E-state index < -0.39 is 23.8 Å². The van der Waals surface area contributed by atoms with Crippen LogP contribution >= 0.6 is 0 Å². The average molecular weight is 466 g/mol. The van der Waals surface area contributed by atoms with Crippen LogP contribution in [0.5, 0.6) is 5.75 Å². The third-order valence-corrected chi connectivity index (χ3v) is 6.21. The molecule has 2 aliphatic rings. The Hall–Kier alpha value is -4.02. The summed E-state index contributed by atoms with van der Waals surface area (Å²) in [6.07, 6.45) is 6.78. The van der Waals surface area contributed by atoms with Crippen LogP contribution in [0.25, 0.3) is 5.70 Å². The molecule has 2 aromatic heterocycles. The number of amides is 3. The number of rotatable bonds is 5. The van der Waals surface area contributed by atoms with Crippen LogP contribution in [0.1, 0.15) is 48.8 Å². The molecule has 2 N–H and O–H groups in total. The summed E-state index contributed by atoms with van der Waals surface area (Å²) in [5, 5.41) is 0. The van der Waals surface area contributed by atoms with Gasteiger partial charge in [-0.15, -0.1) is 0 Å². The molecule has 0 aliphatic carbocycles. The molecule has 1 fully saturated rings. The summed E-state index contributed by atoms with van der Waals surface area (Å²) < 4.78 is 11.3. The van der Waals surface area contributed by atoms with Crippen LogP contribution in [0.2, 0.25) is 0 Å². The largest absolute Gasteiger partial charge is 0.497 e. The first kappa shape index (κ1) is 23.1. The van der Waals surface area contributed by atoms with Gasteiger partial charge in [0.05, 0.1) is 18.5 Å². The molecule has 2 atom stereocenters. The molecule has 2 aliphatic heterocycles. The first-order valence-corrected chi connectivity index (χ1v) is 11.0. The standard InChI is InChI=1S/C23H26N6O5/c1-3-23(34-20(31)17-12-15(33-2)6-10-26-17)8-4-5-11-28-19(30)13-18(16-7-9-25-14-27-16)29(21(23)28)22(24)32/h6-7,9-10,12-14,21H,3-5,8,11H2,1-2H3,(H2,24,32). The van der Waals surface area contributed by atoms with E-state index in [0.29, 0.717) is 43.7 Å². The highest BCUT2D eigenvalue weighted by atomic mass is 16.6. The van der Waals surface area contributed by atoms with E-state index in [0.717, 1.165) is 0 Å². The zero-order valence-electron chi connectivity index (χ0n) is 19.0. The van der Waals surface area contributed by atoms with Gasteiger partial charge in [0.2, 0.25) is 0 Å². The Morgan fingerprint density at radius 1 is 1.24 bits per heavy atom. The molecule has 2 unspecified atom stereocenters. The Morgan fingerprint density at radius 2 is 2.06 bits per heavy atom. The summed E-state index contributed by atoms with van der Waals surface area (Å²) in [6, 6.07) is 3.89. The second kappa shape index (κ2) is 9.46. The molecule has 0 aromatic carbocycles. The van der Waals surface area contributed by atoms with E-state index in [4.69, 9.17) is 15.2 Å². The van der Waals surface area contributed by atoms with E-state index in [1.54, 1.807) is 12.1 Å². The lowest BCUT2D eigenvalue weighted by atomic mass is 9.88. The maximum atomic E-state index is 13.2. The number of carbonyl (C=O) groups is 3. The van der Waals surface area contributed by atoms with Gasteiger partial charge < -0.3 is 20.1 Å². The number of urea groups is 1. The molecule has 1 saturated heterocycles. The van der Waals surface area contributed by atoms with Crippen molar-refractivity contribution >= 4 is 23.6 Å². The smallest absolute Gasteiger partial charge is 0.357 e. The Kier molecular flexibility index (Phi) is 6.44. The lowest BCUT2D eigenvalue weighted by Gasteiger charge is -2.50. The third-order valence-electron chi connectivity index (χ3n) is 6.21. The van der Waals surface area contributed by atoms with Crippen LogP contribution in [0.4, 0.5) is 4.79 Å². The number of primary amides is 1. The molecule has 0 spiro atoms. The second-order valence-corrected chi connectivity index (χ2v) is 8.08. The molecule has 3 amide bonds. The van der Waals surface area contributed by atoms with Crippen molar-refractivity contribution in [3.63, 3.8) is 0 Å². The second-order valence-electron chi connectivity index (χ2n) is 8.08. The number of hydrogen-bond acceptors (Lipinski definition) is 8. The summed E-state index contributed by atoms with van der Waals surface area (Å²) in [6.45, 7) is 2.24. The molecule has 34 heavy (non-hydrogen) atoms. The number of fused-ring (bicyclic) bond motifs is 1. The van der Waals surface area contributed by atoms with Crippen LogP contribution in [0, 0.1) is 0 Å². The molecule has 11 nitrogen and oxygen atoms in total. The predicted molar refractivity (Wildman–Crippen MR) is 120 cm³/mol. The maximum Gasteiger partial charge on any atom is 0.357 e. The van der Waals surface area contributed by atoms with Crippen LogP contribution < -0.4 is 10.5 Å². The summed E-state index contributed by atoms with van der Waals surface area (Å²) >= 11 is 0. The summed E-state index contributed by atoms with van der Waals surface area (Å²) in [5.41, 5.74) is 5.27. The molecular formula is C23H26N6O5. The number of ether oxygens (including phenoxy) is 2. The Morgan fingerprint density at radius 3 is 2.74 bits per heavy atom. The van der Waals surface area contributed by atoms with Crippen molar-refractivity contribution in [1.29, 1.82) is 0 Å². The monoisotopic (exact) mass is 466 g/mol. The zero-order valence-corrected chi connectivity index (χ0v) is 19.0. The van der Waals surface area contributed by atoms with Gasteiger partial charge in [0.1, 0.15) is 12.1 Å². The number of pyridine rings is 1. The number of nitrogens with zero attached hydrogens (tertiary/aromatic N) is 5. The van der Waals surface area contributed by atoms with Crippen molar-refractivity contribution in [2.75, 3.05) is 13.7 Å². The summed E-state index contributed by atoms with van der Waals surface area (Å²) in [7, 11) is 1.49. The quantitative estimate of drug-likeness (QED) is 0.659. The molecule has 0 saturated carbocycles. The third kappa shape index (κ3) is 4.16. The van der Waals surface area contributed by atoms with E-state index >= 15 is 0 Å². The average Bonchev–Trinajstić information content (AvgIpc) is 3.05. The van der Waals surface area contributed by atoms with Crippen LogP contribution in [-0.2, 0) is 9.53 Å². The van der Waals surface area contributed by atoms with Crippen molar-refractivity contribution in [2.24, 2.45) is 5.73 Å². The molecule has 4 heterocycles. The van der Waals surface area contributed by atoms with E-state index in [1.807, 2.05) is 6.92 Å².